The average molecular weight is 294 g/mol. The molecule has 0 unspecified atom stereocenters. The highest BCUT2D eigenvalue weighted by Gasteiger charge is 2.10. The molecule has 1 aromatic carbocycles. The summed E-state index contributed by atoms with van der Waals surface area (Å²) >= 11 is 6.06. The van der Waals surface area contributed by atoms with E-state index < -0.39 is 0 Å². The van der Waals surface area contributed by atoms with Gasteiger partial charge in [0.15, 0.2) is 0 Å². The molecule has 0 fully saturated rings. The first-order chi connectivity index (χ1) is 9.61. The minimum Gasteiger partial charge on any atom is -0.328 e. The van der Waals surface area contributed by atoms with Crippen LogP contribution in [0.25, 0.3) is 11.0 Å². The second-order valence-corrected chi connectivity index (χ2v) is 6.10. The fourth-order valence-electron chi connectivity index (χ4n) is 2.41. The third-order valence-corrected chi connectivity index (χ3v) is 3.55. The molecule has 0 bridgehead atoms. The summed E-state index contributed by atoms with van der Waals surface area (Å²) in [5.74, 6) is 1.84. The van der Waals surface area contributed by atoms with Crippen molar-refractivity contribution in [3.05, 3.63) is 29.0 Å². The number of nitrogens with one attached hydrogen (secondary N) is 1. The normalized spacial score (nSPS) is 11.7. The maximum Gasteiger partial charge on any atom is 0.111 e. The summed E-state index contributed by atoms with van der Waals surface area (Å²) in [5.41, 5.74) is 2.19. The first-order valence-corrected chi connectivity index (χ1v) is 7.85. The lowest BCUT2D eigenvalue weighted by atomic mass is 10.2. The van der Waals surface area contributed by atoms with E-state index in [-0.39, 0.29) is 0 Å². The van der Waals surface area contributed by atoms with Gasteiger partial charge in [-0.1, -0.05) is 32.4 Å². The van der Waals surface area contributed by atoms with E-state index in [1.165, 1.54) is 5.52 Å². The number of fused-ring (bicyclic) bond motifs is 1. The minimum atomic E-state index is 0.684. The van der Waals surface area contributed by atoms with Gasteiger partial charge in [0.25, 0.3) is 0 Å². The van der Waals surface area contributed by atoms with Crippen molar-refractivity contribution in [1.29, 1.82) is 0 Å². The first kappa shape index (κ1) is 15.3. The highest BCUT2D eigenvalue weighted by atomic mass is 35.5. The lowest BCUT2D eigenvalue weighted by molar-refractivity contribution is 0.543. The number of hydrogen-bond donors (Lipinski definition) is 1. The van der Waals surface area contributed by atoms with Crippen LogP contribution in [0.15, 0.2) is 18.2 Å². The van der Waals surface area contributed by atoms with Gasteiger partial charge < -0.3 is 9.88 Å². The van der Waals surface area contributed by atoms with Gasteiger partial charge in [-0.3, -0.25) is 0 Å². The molecule has 0 aliphatic heterocycles. The van der Waals surface area contributed by atoms with Crippen LogP contribution < -0.4 is 5.32 Å². The largest absolute Gasteiger partial charge is 0.328 e. The molecule has 0 spiro atoms. The molecule has 1 heterocycles. The smallest absolute Gasteiger partial charge is 0.111 e. The third kappa shape index (κ3) is 3.74. The summed E-state index contributed by atoms with van der Waals surface area (Å²) in [7, 11) is 0. The Morgan fingerprint density at radius 3 is 2.85 bits per heavy atom. The Morgan fingerprint density at radius 1 is 1.35 bits per heavy atom. The van der Waals surface area contributed by atoms with E-state index in [1.807, 2.05) is 12.1 Å². The Hall–Kier alpha value is -1.06. The van der Waals surface area contributed by atoms with Crippen molar-refractivity contribution in [1.82, 2.24) is 14.9 Å². The molecule has 2 rings (SSSR count). The Morgan fingerprint density at radius 2 is 2.15 bits per heavy atom. The zero-order chi connectivity index (χ0) is 14.5. The Kier molecular flexibility index (Phi) is 5.44. The van der Waals surface area contributed by atoms with Gasteiger partial charge in [-0.15, -0.1) is 0 Å². The highest BCUT2D eigenvalue weighted by Crippen LogP contribution is 2.21. The number of benzene rings is 1. The summed E-state index contributed by atoms with van der Waals surface area (Å²) in [6.07, 6.45) is 2.07. The lowest BCUT2D eigenvalue weighted by Crippen LogP contribution is -2.23. The van der Waals surface area contributed by atoms with Crippen LogP contribution in [-0.4, -0.2) is 22.6 Å². The van der Waals surface area contributed by atoms with E-state index in [1.54, 1.807) is 0 Å². The number of imidazole rings is 1. The molecule has 0 aliphatic carbocycles. The SMILES string of the molecule is CCCn1c(CCNCC(C)C)nc2cc(Cl)ccc21. The molecule has 110 valence electrons. The standard InChI is InChI=1S/C16H24ClN3/c1-4-9-20-15-6-5-13(17)10-14(15)19-16(20)7-8-18-11-12(2)3/h5-6,10,12,18H,4,7-9,11H2,1-3H3. The van der Waals surface area contributed by atoms with Crippen molar-refractivity contribution < 1.29 is 0 Å². The van der Waals surface area contributed by atoms with Crippen LogP contribution in [0.2, 0.25) is 5.02 Å². The van der Waals surface area contributed by atoms with Gasteiger partial charge in [-0.05, 0) is 37.1 Å². The molecular weight excluding hydrogens is 270 g/mol. The van der Waals surface area contributed by atoms with Crippen LogP contribution in [-0.2, 0) is 13.0 Å². The van der Waals surface area contributed by atoms with Crippen molar-refractivity contribution >= 4 is 22.6 Å². The molecule has 0 saturated carbocycles. The molecule has 0 aliphatic rings. The van der Waals surface area contributed by atoms with Crippen molar-refractivity contribution in [2.45, 2.75) is 40.2 Å². The van der Waals surface area contributed by atoms with Crippen LogP contribution in [0.5, 0.6) is 0 Å². The number of aromatic nitrogens is 2. The zero-order valence-electron chi connectivity index (χ0n) is 12.6. The number of nitrogens with zero attached hydrogens (tertiary/aromatic N) is 2. The Bertz CT molecular complexity index is 560. The number of hydrogen-bond acceptors (Lipinski definition) is 2. The number of aryl methyl sites for hydroxylation is 1. The summed E-state index contributed by atoms with van der Waals surface area (Å²) in [6, 6.07) is 5.97. The van der Waals surface area contributed by atoms with Crippen molar-refractivity contribution in [2.75, 3.05) is 13.1 Å². The van der Waals surface area contributed by atoms with Gasteiger partial charge in [0, 0.05) is 24.5 Å². The summed E-state index contributed by atoms with van der Waals surface area (Å²) in [5, 5.41) is 4.23. The van der Waals surface area contributed by atoms with E-state index in [9.17, 15) is 0 Å². The van der Waals surface area contributed by atoms with E-state index >= 15 is 0 Å². The van der Waals surface area contributed by atoms with E-state index in [2.05, 4.69) is 36.7 Å². The Balaban J connectivity index is 2.16. The first-order valence-electron chi connectivity index (χ1n) is 7.47. The molecule has 20 heavy (non-hydrogen) atoms. The molecule has 4 heteroatoms. The summed E-state index contributed by atoms with van der Waals surface area (Å²) < 4.78 is 2.32. The van der Waals surface area contributed by atoms with E-state index in [0.717, 1.165) is 48.8 Å². The van der Waals surface area contributed by atoms with E-state index in [0.29, 0.717) is 5.92 Å². The second-order valence-electron chi connectivity index (χ2n) is 5.66. The summed E-state index contributed by atoms with van der Waals surface area (Å²) in [4.78, 5) is 4.75. The molecule has 1 aromatic heterocycles. The third-order valence-electron chi connectivity index (χ3n) is 3.31. The second kappa shape index (κ2) is 7.09. The van der Waals surface area contributed by atoms with Gasteiger partial charge in [-0.25, -0.2) is 4.98 Å². The van der Waals surface area contributed by atoms with Gasteiger partial charge in [-0.2, -0.15) is 0 Å². The molecule has 0 saturated heterocycles. The fraction of sp³-hybridized carbons (Fsp3) is 0.562. The zero-order valence-corrected chi connectivity index (χ0v) is 13.4. The van der Waals surface area contributed by atoms with Crippen LogP contribution >= 0.6 is 11.6 Å². The molecular formula is C16H24ClN3. The Labute approximate surface area is 126 Å². The van der Waals surface area contributed by atoms with Gasteiger partial charge in [0.05, 0.1) is 11.0 Å². The molecule has 1 N–H and O–H groups in total. The maximum absolute atomic E-state index is 6.06. The quantitative estimate of drug-likeness (QED) is 0.785. The van der Waals surface area contributed by atoms with Crippen molar-refractivity contribution in [3.8, 4) is 0 Å². The average Bonchev–Trinajstić information content (AvgIpc) is 2.72. The van der Waals surface area contributed by atoms with Crippen molar-refractivity contribution in [3.63, 3.8) is 0 Å². The molecule has 3 nitrogen and oxygen atoms in total. The van der Waals surface area contributed by atoms with Crippen LogP contribution in [0.1, 0.15) is 33.0 Å². The molecule has 0 radical (unpaired) electrons. The predicted molar refractivity (Wildman–Crippen MR) is 86.4 cm³/mol. The summed E-state index contributed by atoms with van der Waals surface area (Å²) in [6.45, 7) is 9.68. The molecule has 0 atom stereocenters. The number of rotatable bonds is 7. The predicted octanol–water partition coefficient (Wildman–Crippen LogP) is 3.89. The lowest BCUT2D eigenvalue weighted by Gasteiger charge is -2.09. The van der Waals surface area contributed by atoms with Crippen LogP contribution in [0.3, 0.4) is 0 Å². The fourth-order valence-corrected chi connectivity index (χ4v) is 2.57. The molecule has 2 aromatic rings. The topological polar surface area (TPSA) is 29.9 Å². The van der Waals surface area contributed by atoms with Gasteiger partial charge in [0.1, 0.15) is 5.82 Å². The van der Waals surface area contributed by atoms with Crippen molar-refractivity contribution in [2.24, 2.45) is 5.92 Å². The monoisotopic (exact) mass is 293 g/mol. The van der Waals surface area contributed by atoms with Crippen LogP contribution in [0.4, 0.5) is 0 Å². The highest BCUT2D eigenvalue weighted by molar-refractivity contribution is 6.31. The van der Waals surface area contributed by atoms with Gasteiger partial charge in [0.2, 0.25) is 0 Å². The maximum atomic E-state index is 6.06. The van der Waals surface area contributed by atoms with E-state index in [4.69, 9.17) is 16.6 Å². The minimum absolute atomic E-state index is 0.684. The van der Waals surface area contributed by atoms with Crippen LogP contribution in [0, 0.1) is 5.92 Å². The molecule has 0 amide bonds. The van der Waals surface area contributed by atoms with Gasteiger partial charge >= 0.3 is 0 Å². The number of halogens is 1.